The molecule has 1 amide bonds. The maximum Gasteiger partial charge on any atom is 0.313 e. The van der Waals surface area contributed by atoms with E-state index in [4.69, 9.17) is 9.47 Å². The first kappa shape index (κ1) is 17.0. The van der Waals surface area contributed by atoms with Crippen molar-refractivity contribution >= 4 is 17.6 Å². The van der Waals surface area contributed by atoms with Crippen molar-refractivity contribution < 1.29 is 19.1 Å². The molecule has 0 N–H and O–H groups in total. The summed E-state index contributed by atoms with van der Waals surface area (Å²) in [5.41, 5.74) is 2.17. The number of carbonyl (C=O) groups excluding carboxylic acids is 2. The molecule has 5 nitrogen and oxygen atoms in total. The predicted molar refractivity (Wildman–Crippen MR) is 95.1 cm³/mol. The number of esters is 1. The molecule has 3 rings (SSSR count). The van der Waals surface area contributed by atoms with Crippen LogP contribution >= 0.6 is 0 Å². The number of rotatable bonds is 3. The van der Waals surface area contributed by atoms with E-state index in [-0.39, 0.29) is 23.8 Å². The Balaban J connectivity index is 2.00. The summed E-state index contributed by atoms with van der Waals surface area (Å²) in [5, 5.41) is 0. The molecule has 0 unspecified atom stereocenters. The van der Waals surface area contributed by atoms with E-state index >= 15 is 0 Å². The number of anilines is 1. The Labute approximate surface area is 147 Å². The van der Waals surface area contributed by atoms with Crippen molar-refractivity contribution in [3.05, 3.63) is 59.7 Å². The first-order valence-electron chi connectivity index (χ1n) is 8.21. The van der Waals surface area contributed by atoms with Gasteiger partial charge in [-0.25, -0.2) is 0 Å². The molecule has 0 saturated carbocycles. The highest BCUT2D eigenvalue weighted by Crippen LogP contribution is 2.39. The number of hydrogen-bond acceptors (Lipinski definition) is 4. The zero-order valence-corrected chi connectivity index (χ0v) is 14.6. The van der Waals surface area contributed by atoms with Crippen LogP contribution in [0.15, 0.2) is 48.5 Å². The Hall–Kier alpha value is -2.82. The molecule has 25 heavy (non-hydrogen) atoms. The second-order valence-corrected chi connectivity index (χ2v) is 6.12. The largest absolute Gasteiger partial charge is 0.497 e. The molecule has 1 aliphatic heterocycles. The number of carbonyl (C=O) groups is 2. The molecule has 0 saturated heterocycles. The minimum atomic E-state index is -0.351. The van der Waals surface area contributed by atoms with E-state index in [0.29, 0.717) is 17.7 Å². The third kappa shape index (κ3) is 3.09. The zero-order valence-electron chi connectivity index (χ0n) is 14.6. The van der Waals surface area contributed by atoms with Crippen LogP contribution in [-0.2, 0) is 9.53 Å². The molecule has 1 aliphatic rings. The van der Waals surface area contributed by atoms with Crippen LogP contribution in [-0.4, -0.2) is 32.1 Å². The zero-order chi connectivity index (χ0) is 18.0. The maximum absolute atomic E-state index is 13.1. The molecule has 0 bridgehead atoms. The van der Waals surface area contributed by atoms with Gasteiger partial charge in [0.25, 0.3) is 5.91 Å². The van der Waals surface area contributed by atoms with E-state index in [1.54, 1.807) is 36.3 Å². The van der Waals surface area contributed by atoms with Gasteiger partial charge in [-0.3, -0.25) is 9.59 Å². The Bertz CT molecular complexity index is 785. The average Bonchev–Trinajstić information content (AvgIpc) is 2.66. The third-order valence-corrected chi connectivity index (χ3v) is 4.63. The van der Waals surface area contributed by atoms with Gasteiger partial charge in [0.15, 0.2) is 0 Å². The van der Waals surface area contributed by atoms with E-state index in [2.05, 4.69) is 0 Å². The molecular weight excluding hydrogens is 318 g/mol. The smallest absolute Gasteiger partial charge is 0.313 e. The number of ether oxygens (including phenoxy) is 2. The monoisotopic (exact) mass is 339 g/mol. The van der Waals surface area contributed by atoms with Gasteiger partial charge in [-0.15, -0.1) is 0 Å². The molecule has 0 radical (unpaired) electrons. The second kappa shape index (κ2) is 6.97. The van der Waals surface area contributed by atoms with Crippen molar-refractivity contribution in [3.63, 3.8) is 0 Å². The van der Waals surface area contributed by atoms with Gasteiger partial charge in [0.05, 0.1) is 20.1 Å². The number of methoxy groups -OCH3 is 2. The summed E-state index contributed by atoms with van der Waals surface area (Å²) in [4.78, 5) is 27.0. The summed E-state index contributed by atoms with van der Waals surface area (Å²) in [5.74, 6) is -0.00715. The number of benzene rings is 2. The Morgan fingerprint density at radius 3 is 2.36 bits per heavy atom. The van der Waals surface area contributed by atoms with Crippen LogP contribution in [0, 0.1) is 0 Å². The van der Waals surface area contributed by atoms with Crippen molar-refractivity contribution in [1.82, 2.24) is 0 Å². The molecule has 0 aliphatic carbocycles. The lowest BCUT2D eigenvalue weighted by Gasteiger charge is -2.38. The van der Waals surface area contributed by atoms with Crippen LogP contribution in [0.5, 0.6) is 5.75 Å². The fraction of sp³-hybridized carbons (Fsp3) is 0.300. The number of hydrogen-bond donors (Lipinski definition) is 0. The Kier molecular flexibility index (Phi) is 4.74. The van der Waals surface area contributed by atoms with Crippen molar-refractivity contribution in [2.45, 2.75) is 25.3 Å². The number of nitrogens with zero attached hydrogens (tertiary/aromatic N) is 1. The van der Waals surface area contributed by atoms with Gasteiger partial charge in [-0.2, -0.15) is 0 Å². The van der Waals surface area contributed by atoms with Gasteiger partial charge in [-0.05, 0) is 49.2 Å². The van der Waals surface area contributed by atoms with E-state index in [1.807, 2.05) is 31.2 Å². The standard InChI is InChI=1S/C20H21NO4/c1-13-12-17(20(23)25-3)16-6-4-5-7-18(16)21(13)19(22)14-8-10-15(24-2)11-9-14/h4-11,13,17H,12H2,1-3H3/t13-,17+/m1/s1. The lowest BCUT2D eigenvalue weighted by Crippen LogP contribution is -2.44. The molecular formula is C20H21NO4. The normalized spacial score (nSPS) is 19.1. The first-order valence-corrected chi connectivity index (χ1v) is 8.21. The fourth-order valence-electron chi connectivity index (χ4n) is 3.36. The van der Waals surface area contributed by atoms with Gasteiger partial charge in [0.2, 0.25) is 0 Å². The highest BCUT2D eigenvalue weighted by molar-refractivity contribution is 6.08. The molecule has 0 spiro atoms. The Morgan fingerprint density at radius 2 is 1.72 bits per heavy atom. The lowest BCUT2D eigenvalue weighted by atomic mass is 9.85. The van der Waals surface area contributed by atoms with Crippen molar-refractivity contribution in [2.24, 2.45) is 0 Å². The van der Waals surface area contributed by atoms with Gasteiger partial charge in [-0.1, -0.05) is 18.2 Å². The van der Waals surface area contributed by atoms with Gasteiger partial charge < -0.3 is 14.4 Å². The van der Waals surface area contributed by atoms with Gasteiger partial charge >= 0.3 is 5.97 Å². The van der Waals surface area contributed by atoms with Crippen molar-refractivity contribution in [2.75, 3.05) is 19.1 Å². The Morgan fingerprint density at radius 1 is 1.04 bits per heavy atom. The predicted octanol–water partition coefficient (Wildman–Crippen LogP) is 3.39. The summed E-state index contributed by atoms with van der Waals surface area (Å²) in [6, 6.07) is 14.4. The maximum atomic E-state index is 13.1. The summed E-state index contributed by atoms with van der Waals surface area (Å²) >= 11 is 0. The summed E-state index contributed by atoms with van der Waals surface area (Å²) in [7, 11) is 2.98. The van der Waals surface area contributed by atoms with E-state index in [0.717, 1.165) is 11.3 Å². The highest BCUT2D eigenvalue weighted by Gasteiger charge is 2.37. The molecule has 1 heterocycles. The molecule has 2 aromatic carbocycles. The molecule has 0 fully saturated rings. The van der Waals surface area contributed by atoms with E-state index < -0.39 is 0 Å². The fourth-order valence-corrected chi connectivity index (χ4v) is 3.36. The number of para-hydroxylation sites is 1. The van der Waals surface area contributed by atoms with Crippen LogP contribution < -0.4 is 9.64 Å². The molecule has 5 heteroatoms. The molecule has 130 valence electrons. The van der Waals surface area contributed by atoms with E-state index in [1.165, 1.54) is 7.11 Å². The van der Waals surface area contributed by atoms with Crippen molar-refractivity contribution in [1.29, 1.82) is 0 Å². The van der Waals surface area contributed by atoms with E-state index in [9.17, 15) is 9.59 Å². The summed E-state index contributed by atoms with van der Waals surface area (Å²) in [6.45, 7) is 1.95. The molecule has 0 aromatic heterocycles. The minimum Gasteiger partial charge on any atom is -0.497 e. The SMILES string of the molecule is COC(=O)[C@H]1C[C@@H](C)N(C(=O)c2ccc(OC)cc2)c2ccccc21. The first-order chi connectivity index (χ1) is 12.1. The minimum absolute atomic E-state index is 0.0917. The molecule has 2 atom stereocenters. The summed E-state index contributed by atoms with van der Waals surface area (Å²) < 4.78 is 10.1. The highest BCUT2D eigenvalue weighted by atomic mass is 16.5. The van der Waals surface area contributed by atoms with Crippen LogP contribution in [0.3, 0.4) is 0 Å². The second-order valence-electron chi connectivity index (χ2n) is 6.12. The van der Waals surface area contributed by atoms with Crippen LogP contribution in [0.2, 0.25) is 0 Å². The number of fused-ring (bicyclic) bond motifs is 1. The summed E-state index contributed by atoms with van der Waals surface area (Å²) in [6.07, 6.45) is 0.533. The number of amides is 1. The molecule has 2 aromatic rings. The van der Waals surface area contributed by atoms with Gasteiger partial charge in [0.1, 0.15) is 5.75 Å². The van der Waals surface area contributed by atoms with Crippen LogP contribution in [0.4, 0.5) is 5.69 Å². The van der Waals surface area contributed by atoms with Crippen LogP contribution in [0.1, 0.15) is 35.2 Å². The third-order valence-electron chi connectivity index (χ3n) is 4.63. The topological polar surface area (TPSA) is 55.8 Å². The van der Waals surface area contributed by atoms with Crippen molar-refractivity contribution in [3.8, 4) is 5.75 Å². The quantitative estimate of drug-likeness (QED) is 0.805. The van der Waals surface area contributed by atoms with Crippen LogP contribution in [0.25, 0.3) is 0 Å². The van der Waals surface area contributed by atoms with Gasteiger partial charge in [0, 0.05) is 17.3 Å². The lowest BCUT2D eigenvalue weighted by molar-refractivity contribution is -0.142. The average molecular weight is 339 g/mol.